The number of aryl methyl sites for hydroxylation is 1. The van der Waals surface area contributed by atoms with Crippen LogP contribution in [0.2, 0.25) is 0 Å². The van der Waals surface area contributed by atoms with Crippen LogP contribution in [0.1, 0.15) is 52.1 Å². The summed E-state index contributed by atoms with van der Waals surface area (Å²) in [6, 6.07) is 4.97. The van der Waals surface area contributed by atoms with E-state index in [4.69, 9.17) is 5.26 Å². The molecule has 0 aliphatic heterocycles. The highest BCUT2D eigenvalue weighted by atomic mass is 15.0. The molecule has 1 atom stereocenters. The number of aromatic nitrogens is 1. The van der Waals surface area contributed by atoms with E-state index in [9.17, 15) is 0 Å². The van der Waals surface area contributed by atoms with Gasteiger partial charge in [0.2, 0.25) is 0 Å². The first-order chi connectivity index (χ1) is 8.52. The fourth-order valence-electron chi connectivity index (χ4n) is 2.01. The predicted molar refractivity (Wildman–Crippen MR) is 75.2 cm³/mol. The van der Waals surface area contributed by atoms with Crippen molar-refractivity contribution >= 4 is 0 Å². The Bertz CT molecular complexity index is 398. The molecule has 1 heterocycles. The predicted octanol–water partition coefficient (Wildman–Crippen LogP) is 3.49. The summed E-state index contributed by atoms with van der Waals surface area (Å²) in [5, 5.41) is 12.5. The molecule has 1 aromatic rings. The summed E-state index contributed by atoms with van der Waals surface area (Å²) in [6.07, 6.45) is 6.30. The molecule has 0 amide bonds. The molecule has 0 radical (unpaired) electrons. The molecule has 0 saturated carbocycles. The number of hydrogen-bond acceptors (Lipinski definition) is 2. The van der Waals surface area contributed by atoms with Crippen molar-refractivity contribution in [2.75, 3.05) is 6.54 Å². The standard InChI is InChI=1S/C15H25N3/c1-5-14(17-6-2)13-7-9-18(11-13)10-8-15(3,4)12-16/h7,9,11,14,17H,5-6,8,10H2,1-4H3. The van der Waals surface area contributed by atoms with Gasteiger partial charge in [-0.1, -0.05) is 13.8 Å². The van der Waals surface area contributed by atoms with Gasteiger partial charge in [0.1, 0.15) is 0 Å². The molecule has 0 bridgehead atoms. The van der Waals surface area contributed by atoms with Gasteiger partial charge in [0.15, 0.2) is 0 Å². The molecule has 0 saturated heterocycles. The van der Waals surface area contributed by atoms with Crippen molar-refractivity contribution < 1.29 is 0 Å². The number of nitrogens with one attached hydrogen (secondary N) is 1. The fourth-order valence-corrected chi connectivity index (χ4v) is 2.01. The maximum absolute atomic E-state index is 9.00. The first-order valence-corrected chi connectivity index (χ1v) is 6.82. The normalized spacial score (nSPS) is 13.3. The Kier molecular flexibility index (Phi) is 5.43. The number of nitrogens with zero attached hydrogens (tertiary/aromatic N) is 2. The fraction of sp³-hybridized carbons (Fsp3) is 0.667. The summed E-state index contributed by atoms with van der Waals surface area (Å²) in [6.45, 7) is 10.2. The van der Waals surface area contributed by atoms with E-state index >= 15 is 0 Å². The minimum Gasteiger partial charge on any atom is -0.354 e. The topological polar surface area (TPSA) is 40.8 Å². The van der Waals surface area contributed by atoms with E-state index in [-0.39, 0.29) is 5.41 Å². The van der Waals surface area contributed by atoms with Crippen molar-refractivity contribution in [2.24, 2.45) is 5.41 Å². The van der Waals surface area contributed by atoms with Crippen molar-refractivity contribution in [1.82, 2.24) is 9.88 Å². The maximum atomic E-state index is 9.00. The number of nitriles is 1. The highest BCUT2D eigenvalue weighted by Crippen LogP contribution is 2.21. The van der Waals surface area contributed by atoms with Crippen molar-refractivity contribution in [1.29, 1.82) is 5.26 Å². The van der Waals surface area contributed by atoms with Crippen LogP contribution in [0.3, 0.4) is 0 Å². The molecule has 0 fully saturated rings. The SMILES string of the molecule is CCNC(CC)c1ccn(CCC(C)(C)C#N)c1. The third-order valence-electron chi connectivity index (χ3n) is 3.33. The lowest BCUT2D eigenvalue weighted by Crippen LogP contribution is -2.19. The molecule has 0 aliphatic carbocycles. The van der Waals surface area contributed by atoms with Crippen molar-refractivity contribution in [3.8, 4) is 6.07 Å². The van der Waals surface area contributed by atoms with Crippen LogP contribution in [0.5, 0.6) is 0 Å². The molecule has 3 nitrogen and oxygen atoms in total. The quantitative estimate of drug-likeness (QED) is 0.801. The second kappa shape index (κ2) is 6.61. The monoisotopic (exact) mass is 247 g/mol. The van der Waals surface area contributed by atoms with Crippen LogP contribution < -0.4 is 5.32 Å². The van der Waals surface area contributed by atoms with Gasteiger partial charge in [0.25, 0.3) is 0 Å². The second-order valence-electron chi connectivity index (χ2n) is 5.45. The van der Waals surface area contributed by atoms with Crippen molar-refractivity contribution in [3.05, 3.63) is 24.0 Å². The number of hydrogen-bond donors (Lipinski definition) is 1. The molecule has 1 N–H and O–H groups in total. The Morgan fingerprint density at radius 3 is 2.72 bits per heavy atom. The molecule has 18 heavy (non-hydrogen) atoms. The highest BCUT2D eigenvalue weighted by Gasteiger charge is 2.16. The summed E-state index contributed by atoms with van der Waals surface area (Å²) in [4.78, 5) is 0. The molecular formula is C15H25N3. The molecule has 100 valence electrons. The van der Waals surface area contributed by atoms with Crippen LogP contribution in [0, 0.1) is 16.7 Å². The van der Waals surface area contributed by atoms with E-state index in [1.165, 1.54) is 5.56 Å². The summed E-state index contributed by atoms with van der Waals surface area (Å²) in [7, 11) is 0. The lowest BCUT2D eigenvalue weighted by Gasteiger charge is -2.16. The van der Waals surface area contributed by atoms with Gasteiger partial charge < -0.3 is 9.88 Å². The third kappa shape index (κ3) is 4.19. The maximum Gasteiger partial charge on any atom is 0.0684 e. The van der Waals surface area contributed by atoms with E-state index in [0.717, 1.165) is 25.9 Å². The molecule has 1 aromatic heterocycles. The molecule has 1 unspecified atom stereocenters. The Hall–Kier alpha value is -1.27. The summed E-state index contributed by atoms with van der Waals surface area (Å²) in [5.74, 6) is 0. The smallest absolute Gasteiger partial charge is 0.0684 e. The van der Waals surface area contributed by atoms with E-state index in [0.29, 0.717) is 6.04 Å². The van der Waals surface area contributed by atoms with Gasteiger partial charge in [-0.25, -0.2) is 0 Å². The number of rotatable bonds is 7. The van der Waals surface area contributed by atoms with Gasteiger partial charge in [0.05, 0.1) is 11.5 Å². The minimum absolute atomic E-state index is 0.240. The zero-order valence-electron chi connectivity index (χ0n) is 12.0. The van der Waals surface area contributed by atoms with Gasteiger partial charge >= 0.3 is 0 Å². The largest absolute Gasteiger partial charge is 0.354 e. The van der Waals surface area contributed by atoms with Crippen LogP contribution in [0.4, 0.5) is 0 Å². The van der Waals surface area contributed by atoms with E-state index in [1.807, 2.05) is 13.8 Å². The van der Waals surface area contributed by atoms with E-state index < -0.39 is 0 Å². The van der Waals surface area contributed by atoms with Gasteiger partial charge in [-0.2, -0.15) is 5.26 Å². The van der Waals surface area contributed by atoms with Gasteiger partial charge in [-0.05, 0) is 44.9 Å². The Balaban J connectivity index is 2.61. The molecule has 3 heteroatoms. The van der Waals surface area contributed by atoms with Crippen LogP contribution in [-0.2, 0) is 6.54 Å². The molecule has 1 rings (SSSR count). The lowest BCUT2D eigenvalue weighted by molar-refractivity contribution is 0.413. The highest BCUT2D eigenvalue weighted by molar-refractivity contribution is 5.15. The molecular weight excluding hydrogens is 222 g/mol. The van der Waals surface area contributed by atoms with Gasteiger partial charge in [-0.15, -0.1) is 0 Å². The average Bonchev–Trinajstić information content (AvgIpc) is 2.82. The van der Waals surface area contributed by atoms with E-state index in [1.54, 1.807) is 0 Å². The van der Waals surface area contributed by atoms with E-state index in [2.05, 4.69) is 48.3 Å². The molecule has 0 aliphatic rings. The van der Waals surface area contributed by atoms with Gasteiger partial charge in [-0.3, -0.25) is 0 Å². The van der Waals surface area contributed by atoms with Crippen molar-refractivity contribution in [3.63, 3.8) is 0 Å². The average molecular weight is 247 g/mol. The molecule has 0 aromatic carbocycles. The molecule has 0 spiro atoms. The third-order valence-corrected chi connectivity index (χ3v) is 3.33. The minimum atomic E-state index is -0.240. The van der Waals surface area contributed by atoms with Crippen LogP contribution in [-0.4, -0.2) is 11.1 Å². The zero-order chi connectivity index (χ0) is 13.6. The van der Waals surface area contributed by atoms with Gasteiger partial charge in [0, 0.05) is 25.0 Å². The van der Waals surface area contributed by atoms with Crippen molar-refractivity contribution in [2.45, 2.75) is 53.1 Å². The second-order valence-corrected chi connectivity index (χ2v) is 5.45. The van der Waals surface area contributed by atoms with Crippen LogP contribution in [0.25, 0.3) is 0 Å². The summed E-state index contributed by atoms with van der Waals surface area (Å²) < 4.78 is 2.19. The first-order valence-electron chi connectivity index (χ1n) is 6.82. The van der Waals surface area contributed by atoms with Crippen LogP contribution >= 0.6 is 0 Å². The Morgan fingerprint density at radius 1 is 1.44 bits per heavy atom. The first kappa shape index (κ1) is 14.8. The summed E-state index contributed by atoms with van der Waals surface area (Å²) >= 11 is 0. The van der Waals surface area contributed by atoms with Crippen LogP contribution in [0.15, 0.2) is 18.5 Å². The summed E-state index contributed by atoms with van der Waals surface area (Å²) in [5.41, 5.74) is 1.10. The Labute approximate surface area is 111 Å². The zero-order valence-corrected chi connectivity index (χ0v) is 12.0. The lowest BCUT2D eigenvalue weighted by atomic mass is 9.91. The Morgan fingerprint density at radius 2 is 2.17 bits per heavy atom.